The first-order valence-electron chi connectivity index (χ1n) is 9.99. The Kier molecular flexibility index (Phi) is 5.48. The Hall–Kier alpha value is -4.01. The van der Waals surface area contributed by atoms with Crippen molar-refractivity contribution < 1.29 is 19.0 Å². The molecule has 4 rings (SSSR count). The van der Waals surface area contributed by atoms with E-state index in [1.807, 2.05) is 31.2 Å². The first-order chi connectivity index (χ1) is 15.4. The molecular formula is C23H25N5O4. The van der Waals surface area contributed by atoms with Gasteiger partial charge >= 0.3 is 0 Å². The van der Waals surface area contributed by atoms with Gasteiger partial charge in [0.15, 0.2) is 17.3 Å². The van der Waals surface area contributed by atoms with Gasteiger partial charge in [0.1, 0.15) is 6.04 Å². The molecule has 1 atom stereocenters. The third kappa shape index (κ3) is 3.51. The maximum atomic E-state index is 12.5. The van der Waals surface area contributed by atoms with Crippen molar-refractivity contribution in [2.24, 2.45) is 5.73 Å². The van der Waals surface area contributed by atoms with Crippen LogP contribution in [0.2, 0.25) is 0 Å². The minimum atomic E-state index is -0.636. The number of ether oxygens (including phenoxy) is 3. The number of rotatable bonds is 6. The number of carbonyl (C=O) groups excluding carboxylic acids is 1. The van der Waals surface area contributed by atoms with E-state index in [9.17, 15) is 4.79 Å². The topological polar surface area (TPSA) is 114 Å². The maximum absolute atomic E-state index is 12.5. The van der Waals surface area contributed by atoms with E-state index in [-0.39, 0.29) is 0 Å². The van der Waals surface area contributed by atoms with Crippen molar-refractivity contribution in [2.75, 3.05) is 26.6 Å². The summed E-state index contributed by atoms with van der Waals surface area (Å²) in [5, 5.41) is 7.89. The summed E-state index contributed by atoms with van der Waals surface area (Å²) in [6, 6.07) is 10.8. The predicted octanol–water partition coefficient (Wildman–Crippen LogP) is 3.05. The van der Waals surface area contributed by atoms with Gasteiger partial charge in [-0.3, -0.25) is 4.79 Å². The first kappa shape index (κ1) is 21.2. The van der Waals surface area contributed by atoms with E-state index in [2.05, 4.69) is 10.3 Å². The molecular weight excluding hydrogens is 410 g/mol. The molecule has 0 fully saturated rings. The minimum absolute atomic E-state index is 0.368. The highest BCUT2D eigenvalue weighted by atomic mass is 16.5. The number of nitrogens with two attached hydrogens (primary N) is 1. The molecule has 0 spiro atoms. The van der Waals surface area contributed by atoms with Crippen LogP contribution in [-0.4, -0.2) is 42.0 Å². The average molecular weight is 435 g/mol. The molecule has 9 nitrogen and oxygen atoms in total. The van der Waals surface area contributed by atoms with Crippen LogP contribution in [0.15, 0.2) is 47.7 Å². The lowest BCUT2D eigenvalue weighted by molar-refractivity contribution is -0.115. The summed E-state index contributed by atoms with van der Waals surface area (Å²) >= 11 is 0. The number of fused-ring (bicyclic) bond motifs is 1. The zero-order valence-corrected chi connectivity index (χ0v) is 18.6. The van der Waals surface area contributed by atoms with Gasteiger partial charge in [-0.15, -0.1) is 5.10 Å². The molecule has 2 heterocycles. The predicted molar refractivity (Wildman–Crippen MR) is 120 cm³/mol. The largest absolute Gasteiger partial charge is 0.493 e. The van der Waals surface area contributed by atoms with Crippen molar-refractivity contribution in [1.82, 2.24) is 14.8 Å². The van der Waals surface area contributed by atoms with Crippen molar-refractivity contribution in [2.45, 2.75) is 19.9 Å². The number of hydrogen-bond donors (Lipinski definition) is 2. The fraction of sp³-hybridized carbons (Fsp3) is 0.261. The lowest BCUT2D eigenvalue weighted by atomic mass is 9.94. The lowest BCUT2D eigenvalue weighted by Crippen LogP contribution is -2.31. The summed E-state index contributed by atoms with van der Waals surface area (Å²) in [5.74, 6) is 1.85. The van der Waals surface area contributed by atoms with Crippen molar-refractivity contribution in [3.05, 3.63) is 58.8 Å². The highest BCUT2D eigenvalue weighted by Gasteiger charge is 2.34. The summed E-state index contributed by atoms with van der Waals surface area (Å²) < 4.78 is 18.1. The number of benzene rings is 2. The molecule has 0 saturated carbocycles. The zero-order chi connectivity index (χ0) is 23.0. The molecule has 1 amide bonds. The number of carbonyl (C=O) groups is 1. The van der Waals surface area contributed by atoms with Crippen LogP contribution in [0.4, 0.5) is 5.95 Å². The Bertz CT molecular complexity index is 1210. The molecule has 2 aromatic carbocycles. The fourth-order valence-electron chi connectivity index (χ4n) is 3.94. The molecule has 32 heavy (non-hydrogen) atoms. The molecule has 1 unspecified atom stereocenters. The highest BCUT2D eigenvalue weighted by Crippen LogP contribution is 2.43. The number of primary amides is 1. The molecule has 9 heteroatoms. The van der Waals surface area contributed by atoms with Gasteiger partial charge in [0.2, 0.25) is 17.6 Å². The van der Waals surface area contributed by atoms with E-state index in [0.717, 1.165) is 11.1 Å². The van der Waals surface area contributed by atoms with E-state index in [0.29, 0.717) is 45.9 Å². The fourth-order valence-corrected chi connectivity index (χ4v) is 3.94. The van der Waals surface area contributed by atoms with E-state index < -0.39 is 11.9 Å². The van der Waals surface area contributed by atoms with Crippen molar-refractivity contribution in [3.63, 3.8) is 0 Å². The number of hydrogen-bond acceptors (Lipinski definition) is 7. The molecule has 166 valence electrons. The smallest absolute Gasteiger partial charge is 0.248 e. The van der Waals surface area contributed by atoms with E-state index in [1.165, 1.54) is 21.3 Å². The Balaban J connectivity index is 1.93. The molecule has 0 bridgehead atoms. The Morgan fingerprint density at radius 3 is 2.31 bits per heavy atom. The number of aromatic nitrogens is 3. The number of anilines is 1. The van der Waals surface area contributed by atoms with Crippen LogP contribution in [0.5, 0.6) is 17.2 Å². The van der Waals surface area contributed by atoms with E-state index >= 15 is 0 Å². The van der Waals surface area contributed by atoms with Crippen LogP contribution in [-0.2, 0) is 4.79 Å². The first-order valence-corrected chi connectivity index (χ1v) is 9.99. The zero-order valence-electron chi connectivity index (χ0n) is 18.6. The van der Waals surface area contributed by atoms with E-state index in [4.69, 9.17) is 25.0 Å². The molecule has 1 aliphatic rings. The van der Waals surface area contributed by atoms with Crippen LogP contribution in [0.25, 0.3) is 11.4 Å². The summed E-state index contributed by atoms with van der Waals surface area (Å²) in [6.45, 7) is 3.79. The standard InChI is InChI=1S/C23H25N5O4/c1-12-7-6-8-14(9-12)22-26-23-25-13(2)18(21(24)29)19(28(23)27-22)15-10-16(30-3)20(32-5)17(11-15)31-4/h6-11,19H,1-5H3,(H2,24,29)(H,25,26,27). The third-order valence-corrected chi connectivity index (χ3v) is 5.40. The minimum Gasteiger partial charge on any atom is -0.493 e. The molecule has 3 N–H and O–H groups in total. The molecule has 0 radical (unpaired) electrons. The van der Waals surface area contributed by atoms with Gasteiger partial charge in [0.25, 0.3) is 0 Å². The average Bonchev–Trinajstić information content (AvgIpc) is 3.20. The van der Waals surface area contributed by atoms with Crippen LogP contribution < -0.4 is 25.3 Å². The highest BCUT2D eigenvalue weighted by molar-refractivity contribution is 5.95. The summed E-state index contributed by atoms with van der Waals surface area (Å²) in [4.78, 5) is 17.2. The number of nitrogens with one attached hydrogen (secondary N) is 1. The Morgan fingerprint density at radius 2 is 1.75 bits per heavy atom. The van der Waals surface area contributed by atoms with Crippen molar-refractivity contribution >= 4 is 11.9 Å². The monoisotopic (exact) mass is 435 g/mol. The second-order valence-electron chi connectivity index (χ2n) is 7.46. The summed E-state index contributed by atoms with van der Waals surface area (Å²) in [7, 11) is 4.61. The van der Waals surface area contributed by atoms with E-state index in [1.54, 1.807) is 23.7 Å². The molecule has 1 aliphatic heterocycles. The summed E-state index contributed by atoms with van der Waals surface area (Å²) in [6.07, 6.45) is 0. The molecule has 1 aromatic heterocycles. The number of methoxy groups -OCH3 is 3. The number of amides is 1. The van der Waals surface area contributed by atoms with Gasteiger partial charge in [-0.05, 0) is 37.6 Å². The maximum Gasteiger partial charge on any atom is 0.248 e. The number of nitrogens with zero attached hydrogens (tertiary/aromatic N) is 3. The molecule has 0 aliphatic carbocycles. The van der Waals surface area contributed by atoms with Gasteiger partial charge in [0.05, 0.1) is 26.9 Å². The second kappa shape index (κ2) is 8.26. The van der Waals surface area contributed by atoms with Crippen molar-refractivity contribution in [1.29, 1.82) is 0 Å². The molecule has 3 aromatic rings. The summed E-state index contributed by atoms with van der Waals surface area (Å²) in [5.41, 5.74) is 9.42. The lowest BCUT2D eigenvalue weighted by Gasteiger charge is -2.28. The van der Waals surface area contributed by atoms with Gasteiger partial charge < -0.3 is 25.3 Å². The van der Waals surface area contributed by atoms with Crippen molar-refractivity contribution in [3.8, 4) is 28.6 Å². The Morgan fingerprint density at radius 1 is 1.06 bits per heavy atom. The van der Waals surface area contributed by atoms with Crippen LogP contribution in [0.1, 0.15) is 24.1 Å². The SMILES string of the molecule is COc1cc(C2C(C(N)=O)=C(C)Nc3nc(-c4cccc(C)c4)nn32)cc(OC)c1OC. The normalized spacial score (nSPS) is 15.1. The van der Waals surface area contributed by atoms with Crippen LogP contribution in [0, 0.1) is 6.92 Å². The number of allylic oxidation sites excluding steroid dienone is 1. The van der Waals surface area contributed by atoms with Crippen LogP contribution in [0.3, 0.4) is 0 Å². The van der Waals surface area contributed by atoms with Crippen LogP contribution >= 0.6 is 0 Å². The van der Waals surface area contributed by atoms with Gasteiger partial charge in [0, 0.05) is 11.3 Å². The second-order valence-corrected chi connectivity index (χ2v) is 7.46. The number of aryl methyl sites for hydroxylation is 1. The quantitative estimate of drug-likeness (QED) is 0.612. The Labute approximate surface area is 185 Å². The van der Waals surface area contributed by atoms with Gasteiger partial charge in [-0.25, -0.2) is 4.68 Å². The molecule has 0 saturated heterocycles. The van der Waals surface area contributed by atoms with Gasteiger partial charge in [-0.2, -0.15) is 4.98 Å². The van der Waals surface area contributed by atoms with Gasteiger partial charge in [-0.1, -0.05) is 23.8 Å². The third-order valence-electron chi connectivity index (χ3n) is 5.40.